The Kier molecular flexibility index (Phi) is 23.3. The molecule has 0 spiro atoms. The van der Waals surface area contributed by atoms with E-state index in [2.05, 4.69) is 26.1 Å². The first-order valence-electron chi connectivity index (χ1n) is 27.2. The van der Waals surface area contributed by atoms with Crippen molar-refractivity contribution in [2.24, 2.45) is 17.2 Å². The van der Waals surface area contributed by atoms with Crippen molar-refractivity contribution >= 4 is 92.3 Å². The fraction of sp³-hybridized carbons (Fsp3) is 0.258. The second-order valence-electron chi connectivity index (χ2n) is 20.5. The van der Waals surface area contributed by atoms with E-state index in [1.165, 1.54) is 73.3 Å². The molecule has 2 heterocycles. The molecule has 8 aromatic rings. The first kappa shape index (κ1) is 66.6. The van der Waals surface area contributed by atoms with Crippen LogP contribution >= 0.6 is 23.2 Å². The van der Waals surface area contributed by atoms with Crippen LogP contribution < -0.4 is 33.2 Å². The summed E-state index contributed by atoms with van der Waals surface area (Å²) in [6, 6.07) is 36.3. The number of amides is 7. The van der Waals surface area contributed by atoms with Crippen LogP contribution in [0.1, 0.15) is 118 Å². The Balaban J connectivity index is 0.000000246. The molecule has 0 fully saturated rings. The molecule has 25 heteroatoms. The van der Waals surface area contributed by atoms with Gasteiger partial charge in [-0.2, -0.15) is 10.2 Å². The molecule has 0 bridgehead atoms. The molecule has 0 saturated carbocycles. The molecule has 2 aromatic heterocycles. The van der Waals surface area contributed by atoms with Crippen LogP contribution in [0.3, 0.4) is 0 Å². The number of nitrogens with two attached hydrogens (primary N) is 3. The predicted molar refractivity (Wildman–Crippen MR) is 325 cm³/mol. The van der Waals surface area contributed by atoms with Crippen molar-refractivity contribution in [3.8, 4) is 0 Å². The fourth-order valence-electron chi connectivity index (χ4n) is 8.83. The van der Waals surface area contributed by atoms with E-state index in [1.54, 1.807) is 52.0 Å². The standard InChI is InChI=1S/C31H32ClFN6O4.C23H23ClFN5O5.C8H11N/c1-18(2)38(16-26(40)35-15-22-10-7-11-24(32)28(22)33)27(41)17-39-25-13-12-21(14-23(25)29(37-39)30(34)42)31(43)36-19(3)20-8-5-4-6-9-20;1-12(2)29(10-18(31)27-9-14-4-3-5-16(24)20(14)25)19(32)11-30-17-7-6-13(23(34)35)8-15(17)21(28-30)22(26)33;1-7(9)8-5-3-2-4-6-8/h4-14,18-19H,15-17H2,1-3H3,(H2,34,42)(H,35,40)(H,36,43);3-8,12H,9-11H2,1-2H3,(H2,26,33)(H,27,31)(H,34,35);2-7H,9H2,1H3. The van der Waals surface area contributed by atoms with Crippen LogP contribution in [0.2, 0.25) is 10.0 Å². The van der Waals surface area contributed by atoms with Gasteiger partial charge in [0.05, 0.1) is 45.8 Å². The fourth-order valence-corrected chi connectivity index (χ4v) is 9.22. The number of fused-ring (bicyclic) bond motifs is 2. The summed E-state index contributed by atoms with van der Waals surface area (Å²) < 4.78 is 30.8. The van der Waals surface area contributed by atoms with Crippen LogP contribution in [0, 0.1) is 11.6 Å². The monoisotopic (exact) mass is 1230 g/mol. The maximum Gasteiger partial charge on any atom is 0.335 e. The third-order valence-corrected chi connectivity index (χ3v) is 14.1. The predicted octanol–water partition coefficient (Wildman–Crippen LogP) is 7.86. The van der Waals surface area contributed by atoms with Gasteiger partial charge in [-0.15, -0.1) is 0 Å². The number of hydrogen-bond acceptors (Lipinski definition) is 11. The Morgan fingerprint density at radius 2 is 0.966 bits per heavy atom. The Morgan fingerprint density at radius 3 is 1.34 bits per heavy atom. The maximum atomic E-state index is 14.2. The van der Waals surface area contributed by atoms with Gasteiger partial charge in [-0.25, -0.2) is 13.6 Å². The van der Waals surface area contributed by atoms with Crippen molar-refractivity contribution in [3.05, 3.63) is 200 Å². The molecule has 0 saturated heterocycles. The molecule has 8 rings (SSSR count). The quantitative estimate of drug-likeness (QED) is 0.0362. The van der Waals surface area contributed by atoms with Crippen molar-refractivity contribution in [1.29, 1.82) is 0 Å². The van der Waals surface area contributed by atoms with E-state index in [1.807, 2.05) is 74.5 Å². The normalized spacial score (nSPS) is 11.6. The zero-order valence-corrected chi connectivity index (χ0v) is 49.9. The highest BCUT2D eigenvalue weighted by Gasteiger charge is 2.27. The highest BCUT2D eigenvalue weighted by Crippen LogP contribution is 2.25. The molecule has 0 aliphatic carbocycles. The topological polar surface area (TPSA) is 313 Å². The molecule has 456 valence electrons. The number of hydrogen-bond donors (Lipinski definition) is 7. The number of benzene rings is 6. The number of nitrogens with zero attached hydrogens (tertiary/aromatic N) is 6. The van der Waals surface area contributed by atoms with E-state index in [0.717, 1.165) is 5.56 Å². The minimum atomic E-state index is -1.19. The number of rotatable bonds is 21. The molecule has 0 aliphatic heterocycles. The smallest absolute Gasteiger partial charge is 0.335 e. The van der Waals surface area contributed by atoms with E-state index >= 15 is 0 Å². The van der Waals surface area contributed by atoms with Crippen molar-refractivity contribution in [1.82, 2.24) is 45.3 Å². The highest BCUT2D eigenvalue weighted by atomic mass is 35.5. The van der Waals surface area contributed by atoms with E-state index in [4.69, 9.17) is 40.4 Å². The second kappa shape index (κ2) is 30.5. The Labute approximate surface area is 509 Å². The Bertz CT molecular complexity index is 3820. The van der Waals surface area contributed by atoms with Gasteiger partial charge in [-0.3, -0.25) is 42.9 Å². The van der Waals surface area contributed by atoms with Crippen LogP contribution in [0.25, 0.3) is 21.8 Å². The van der Waals surface area contributed by atoms with Crippen LogP contribution in [-0.4, -0.2) is 107 Å². The van der Waals surface area contributed by atoms with Crippen LogP contribution in [-0.2, 0) is 45.4 Å². The number of aromatic nitrogens is 4. The average molecular weight is 1230 g/mol. The summed E-state index contributed by atoms with van der Waals surface area (Å²) in [5, 5.41) is 26.1. The summed E-state index contributed by atoms with van der Waals surface area (Å²) in [6.07, 6.45) is 0. The minimum Gasteiger partial charge on any atom is -0.478 e. The lowest BCUT2D eigenvalue weighted by Crippen LogP contribution is -2.45. The lowest BCUT2D eigenvalue weighted by Gasteiger charge is -2.26. The van der Waals surface area contributed by atoms with E-state index < -0.39 is 53.0 Å². The van der Waals surface area contributed by atoms with E-state index in [9.17, 15) is 52.2 Å². The lowest BCUT2D eigenvalue weighted by atomic mass is 10.1. The molecule has 0 aliphatic rings. The summed E-state index contributed by atoms with van der Waals surface area (Å²) in [5.74, 6) is -6.43. The number of nitrogens with one attached hydrogen (secondary N) is 3. The summed E-state index contributed by atoms with van der Waals surface area (Å²) in [6.45, 7) is 9.36. The highest BCUT2D eigenvalue weighted by molar-refractivity contribution is 6.31. The molecule has 0 radical (unpaired) electrons. The van der Waals surface area contributed by atoms with Crippen molar-refractivity contribution in [2.45, 2.75) is 91.9 Å². The number of carboxylic acid groups (broad SMARTS) is 1. The van der Waals surface area contributed by atoms with Gasteiger partial charge in [-0.05, 0) is 101 Å². The van der Waals surface area contributed by atoms with Gasteiger partial charge < -0.3 is 48.1 Å². The first-order chi connectivity index (χ1) is 41.2. The zero-order chi connectivity index (χ0) is 63.8. The maximum absolute atomic E-state index is 14.2. The molecule has 87 heavy (non-hydrogen) atoms. The SMILES string of the molecule is CC(C)N(CC(=O)NCc1cccc(Cl)c1F)C(=O)Cn1nc(C(N)=O)c2cc(C(=O)O)ccc21.CC(N)c1ccccc1.CC(NC(=O)c1ccc2c(c1)c(C(N)=O)nn2CC(=O)N(CC(=O)NCc1cccc(Cl)c1F)C(C)C)c1ccccc1. The molecular weight excluding hydrogens is 1170 g/mol. The third-order valence-electron chi connectivity index (χ3n) is 13.5. The number of primary amides is 2. The minimum absolute atomic E-state index is 0.0537. The van der Waals surface area contributed by atoms with Crippen molar-refractivity contribution in [3.63, 3.8) is 0 Å². The molecule has 7 amide bonds. The number of halogens is 4. The largest absolute Gasteiger partial charge is 0.478 e. The Morgan fingerprint density at radius 1 is 0.563 bits per heavy atom. The lowest BCUT2D eigenvalue weighted by molar-refractivity contribution is -0.138. The number of carbonyl (C=O) groups is 8. The van der Waals surface area contributed by atoms with Gasteiger partial charge in [0.25, 0.3) is 17.7 Å². The van der Waals surface area contributed by atoms with Gasteiger partial charge >= 0.3 is 5.97 Å². The van der Waals surface area contributed by atoms with Crippen molar-refractivity contribution in [2.75, 3.05) is 13.1 Å². The van der Waals surface area contributed by atoms with Gasteiger partial charge in [-0.1, -0.05) is 108 Å². The molecule has 6 aromatic carbocycles. The number of aromatic carboxylic acids is 1. The van der Waals surface area contributed by atoms with Gasteiger partial charge in [0.2, 0.25) is 23.6 Å². The summed E-state index contributed by atoms with van der Waals surface area (Å²) >= 11 is 11.6. The summed E-state index contributed by atoms with van der Waals surface area (Å²) in [4.78, 5) is 103. The third kappa shape index (κ3) is 17.7. The van der Waals surface area contributed by atoms with Crippen LogP contribution in [0.5, 0.6) is 0 Å². The average Bonchev–Trinajstić information content (AvgIpc) is 1.77. The molecule has 2 atom stereocenters. The number of carbonyl (C=O) groups excluding carboxylic acids is 7. The summed E-state index contributed by atoms with van der Waals surface area (Å²) in [7, 11) is 0. The van der Waals surface area contributed by atoms with Gasteiger partial charge in [0.15, 0.2) is 11.4 Å². The second-order valence-corrected chi connectivity index (χ2v) is 21.3. The Hall–Kier alpha value is -9.58. The van der Waals surface area contributed by atoms with Crippen molar-refractivity contribution < 1.29 is 52.2 Å². The molecule has 2 unspecified atom stereocenters. The molecular formula is C62H66Cl2F2N12O9. The van der Waals surface area contributed by atoms with E-state index in [0.29, 0.717) is 22.0 Å². The number of carboxylic acids is 1. The first-order valence-corrected chi connectivity index (χ1v) is 28.0. The summed E-state index contributed by atoms with van der Waals surface area (Å²) in [5.41, 5.74) is 19.8. The molecule has 21 nitrogen and oxygen atoms in total. The van der Waals surface area contributed by atoms with E-state index in [-0.39, 0.29) is 113 Å². The van der Waals surface area contributed by atoms with Gasteiger partial charge in [0.1, 0.15) is 24.7 Å². The van der Waals surface area contributed by atoms with Gasteiger partial charge in [0, 0.05) is 58.7 Å². The zero-order valence-electron chi connectivity index (χ0n) is 48.4. The van der Waals surface area contributed by atoms with Crippen LogP contribution in [0.4, 0.5) is 8.78 Å². The van der Waals surface area contributed by atoms with Crippen LogP contribution in [0.15, 0.2) is 133 Å². The molecule has 10 N–H and O–H groups in total.